The van der Waals surface area contributed by atoms with Gasteiger partial charge in [0, 0.05) is 58.1 Å². The van der Waals surface area contributed by atoms with Gasteiger partial charge in [0.05, 0.1) is 11.8 Å². The third-order valence-electron chi connectivity index (χ3n) is 5.67. The SMILES string of the molecule is O=C1CCCN1CCCN1C(=O)[C@H]2CN(Cc3cccnc3)C[C@H]2C1=O. The van der Waals surface area contributed by atoms with Gasteiger partial charge in [-0.1, -0.05) is 6.07 Å². The lowest BCUT2D eigenvalue weighted by Gasteiger charge is -2.22. The van der Waals surface area contributed by atoms with Crippen molar-refractivity contribution in [3.63, 3.8) is 0 Å². The second-order valence-electron chi connectivity index (χ2n) is 7.43. The number of nitrogens with zero attached hydrogens (tertiary/aromatic N) is 4. The Hall–Kier alpha value is -2.28. The van der Waals surface area contributed by atoms with Gasteiger partial charge in [0.25, 0.3) is 0 Å². The maximum absolute atomic E-state index is 12.7. The molecule has 0 radical (unpaired) electrons. The van der Waals surface area contributed by atoms with E-state index in [9.17, 15) is 14.4 Å². The number of imide groups is 1. The lowest BCUT2D eigenvalue weighted by molar-refractivity contribution is -0.140. The summed E-state index contributed by atoms with van der Waals surface area (Å²) in [6.07, 6.45) is 5.77. The van der Waals surface area contributed by atoms with E-state index in [2.05, 4.69) is 9.88 Å². The van der Waals surface area contributed by atoms with Gasteiger partial charge in [-0.3, -0.25) is 29.2 Å². The van der Waals surface area contributed by atoms with Gasteiger partial charge in [0.2, 0.25) is 17.7 Å². The fourth-order valence-electron chi connectivity index (χ4n) is 4.35. The summed E-state index contributed by atoms with van der Waals surface area (Å²) < 4.78 is 0. The van der Waals surface area contributed by atoms with Crippen LogP contribution in [0.15, 0.2) is 24.5 Å². The molecule has 2 atom stereocenters. The predicted octanol–water partition coefficient (Wildman–Crippen LogP) is 0.511. The molecule has 138 valence electrons. The summed E-state index contributed by atoms with van der Waals surface area (Å²) in [5, 5.41) is 0. The first-order chi connectivity index (χ1) is 12.6. The monoisotopic (exact) mass is 356 g/mol. The molecule has 3 aliphatic heterocycles. The van der Waals surface area contributed by atoms with Crippen LogP contribution < -0.4 is 0 Å². The summed E-state index contributed by atoms with van der Waals surface area (Å²) in [4.78, 5) is 46.5. The number of rotatable bonds is 6. The number of carbonyl (C=O) groups excluding carboxylic acids is 3. The molecule has 0 spiro atoms. The lowest BCUT2D eigenvalue weighted by Crippen LogP contribution is -2.38. The molecule has 7 heteroatoms. The minimum Gasteiger partial charge on any atom is -0.343 e. The van der Waals surface area contributed by atoms with Crippen molar-refractivity contribution in [2.75, 3.05) is 32.7 Å². The second-order valence-corrected chi connectivity index (χ2v) is 7.43. The summed E-state index contributed by atoms with van der Waals surface area (Å²) >= 11 is 0. The van der Waals surface area contributed by atoms with Crippen molar-refractivity contribution in [2.45, 2.75) is 25.8 Å². The summed E-state index contributed by atoms with van der Waals surface area (Å²) in [6, 6.07) is 3.91. The highest BCUT2D eigenvalue weighted by atomic mass is 16.2. The van der Waals surface area contributed by atoms with E-state index in [1.165, 1.54) is 4.90 Å². The Balaban J connectivity index is 1.30. The van der Waals surface area contributed by atoms with E-state index in [0.29, 0.717) is 39.0 Å². The number of fused-ring (bicyclic) bond motifs is 1. The number of hydrogen-bond donors (Lipinski definition) is 0. The number of amides is 3. The first-order valence-corrected chi connectivity index (χ1v) is 9.38. The van der Waals surface area contributed by atoms with E-state index in [1.54, 1.807) is 6.20 Å². The van der Waals surface area contributed by atoms with E-state index in [0.717, 1.165) is 25.1 Å². The van der Waals surface area contributed by atoms with Gasteiger partial charge in [0.15, 0.2) is 0 Å². The molecule has 0 saturated carbocycles. The van der Waals surface area contributed by atoms with Crippen LogP contribution >= 0.6 is 0 Å². The van der Waals surface area contributed by atoms with Crippen molar-refractivity contribution in [1.82, 2.24) is 19.7 Å². The van der Waals surface area contributed by atoms with Crippen molar-refractivity contribution in [3.8, 4) is 0 Å². The van der Waals surface area contributed by atoms with Gasteiger partial charge in [0.1, 0.15) is 0 Å². The molecule has 0 aromatic carbocycles. The zero-order chi connectivity index (χ0) is 18.1. The highest BCUT2D eigenvalue weighted by Gasteiger charge is 2.51. The van der Waals surface area contributed by atoms with Gasteiger partial charge in [-0.25, -0.2) is 0 Å². The Labute approximate surface area is 153 Å². The van der Waals surface area contributed by atoms with E-state index in [-0.39, 0.29) is 29.6 Å². The number of pyridine rings is 1. The van der Waals surface area contributed by atoms with Crippen molar-refractivity contribution in [2.24, 2.45) is 11.8 Å². The van der Waals surface area contributed by atoms with Gasteiger partial charge in [-0.15, -0.1) is 0 Å². The minimum absolute atomic E-state index is 0.0403. The Morgan fingerprint density at radius 2 is 1.85 bits per heavy atom. The maximum atomic E-state index is 12.7. The van der Waals surface area contributed by atoms with Crippen molar-refractivity contribution < 1.29 is 14.4 Å². The number of likely N-dealkylation sites (tertiary alicyclic amines) is 3. The van der Waals surface area contributed by atoms with Crippen LogP contribution in [-0.4, -0.2) is 70.1 Å². The van der Waals surface area contributed by atoms with Gasteiger partial charge < -0.3 is 4.90 Å². The molecule has 3 amide bonds. The Morgan fingerprint density at radius 1 is 1.08 bits per heavy atom. The molecule has 0 aliphatic carbocycles. The summed E-state index contributed by atoms with van der Waals surface area (Å²) in [5.74, 6) is -0.324. The van der Waals surface area contributed by atoms with Gasteiger partial charge in [-0.2, -0.15) is 0 Å². The molecule has 4 heterocycles. The molecule has 3 saturated heterocycles. The smallest absolute Gasteiger partial charge is 0.234 e. The van der Waals surface area contributed by atoms with Crippen LogP contribution in [0.3, 0.4) is 0 Å². The fraction of sp³-hybridized carbons (Fsp3) is 0.579. The van der Waals surface area contributed by atoms with Crippen molar-refractivity contribution in [3.05, 3.63) is 30.1 Å². The summed E-state index contributed by atoms with van der Waals surface area (Å²) in [5.41, 5.74) is 1.10. The normalized spacial score (nSPS) is 26.2. The first-order valence-electron chi connectivity index (χ1n) is 9.38. The van der Waals surface area contributed by atoms with E-state index in [4.69, 9.17) is 0 Å². The van der Waals surface area contributed by atoms with Crippen LogP contribution in [-0.2, 0) is 20.9 Å². The molecule has 0 unspecified atom stereocenters. The molecule has 0 bridgehead atoms. The second kappa shape index (κ2) is 7.15. The topological polar surface area (TPSA) is 73.8 Å². The standard InChI is InChI=1S/C19H24N4O3/c24-17-5-2-7-22(17)8-3-9-23-18(25)15-12-21(13-16(15)19(23)26)11-14-4-1-6-20-10-14/h1,4,6,10,15-16H,2-3,5,7-9,11-13H2/t15-,16+. The van der Waals surface area contributed by atoms with Crippen LogP contribution in [0.25, 0.3) is 0 Å². The molecule has 4 rings (SSSR count). The first kappa shape index (κ1) is 17.1. The number of carbonyl (C=O) groups is 3. The van der Waals surface area contributed by atoms with Crippen LogP contribution in [0.5, 0.6) is 0 Å². The molecular formula is C19H24N4O3. The fourth-order valence-corrected chi connectivity index (χ4v) is 4.35. The number of hydrogen-bond acceptors (Lipinski definition) is 5. The summed E-state index contributed by atoms with van der Waals surface area (Å²) in [6.45, 7) is 3.85. The lowest BCUT2D eigenvalue weighted by atomic mass is 10.00. The summed E-state index contributed by atoms with van der Waals surface area (Å²) in [7, 11) is 0. The highest BCUT2D eigenvalue weighted by molar-refractivity contribution is 6.05. The number of aromatic nitrogens is 1. The molecule has 7 nitrogen and oxygen atoms in total. The van der Waals surface area contributed by atoms with Crippen molar-refractivity contribution >= 4 is 17.7 Å². The van der Waals surface area contributed by atoms with Crippen LogP contribution in [0.4, 0.5) is 0 Å². The molecule has 1 aromatic rings. The third kappa shape index (κ3) is 3.23. The molecule has 3 aliphatic rings. The zero-order valence-corrected chi connectivity index (χ0v) is 14.8. The average Bonchev–Trinajstić information content (AvgIpc) is 3.29. The molecule has 26 heavy (non-hydrogen) atoms. The zero-order valence-electron chi connectivity index (χ0n) is 14.8. The minimum atomic E-state index is -0.215. The van der Waals surface area contributed by atoms with Gasteiger partial charge >= 0.3 is 0 Å². The van der Waals surface area contributed by atoms with E-state index in [1.807, 2.05) is 23.2 Å². The Kier molecular flexibility index (Phi) is 4.72. The van der Waals surface area contributed by atoms with Crippen molar-refractivity contribution in [1.29, 1.82) is 0 Å². The quantitative estimate of drug-likeness (QED) is 0.695. The van der Waals surface area contributed by atoms with E-state index >= 15 is 0 Å². The third-order valence-corrected chi connectivity index (χ3v) is 5.67. The Bertz CT molecular complexity index is 684. The molecule has 1 aromatic heterocycles. The molecular weight excluding hydrogens is 332 g/mol. The van der Waals surface area contributed by atoms with Crippen LogP contribution in [0.1, 0.15) is 24.8 Å². The maximum Gasteiger partial charge on any atom is 0.234 e. The van der Waals surface area contributed by atoms with E-state index < -0.39 is 0 Å². The predicted molar refractivity (Wildman–Crippen MR) is 93.6 cm³/mol. The largest absolute Gasteiger partial charge is 0.343 e. The molecule has 3 fully saturated rings. The van der Waals surface area contributed by atoms with Crippen LogP contribution in [0, 0.1) is 11.8 Å². The van der Waals surface area contributed by atoms with Crippen LogP contribution in [0.2, 0.25) is 0 Å². The van der Waals surface area contributed by atoms with Gasteiger partial charge in [-0.05, 0) is 24.5 Å². The average molecular weight is 356 g/mol. The molecule has 0 N–H and O–H groups in total. The Morgan fingerprint density at radius 3 is 2.46 bits per heavy atom. The highest BCUT2D eigenvalue weighted by Crippen LogP contribution is 2.34.